The summed E-state index contributed by atoms with van der Waals surface area (Å²) in [5.74, 6) is 0. The molecule has 2 aromatic rings. The summed E-state index contributed by atoms with van der Waals surface area (Å²) in [4.78, 5) is 7.55. The number of hydrogen-bond acceptors (Lipinski definition) is 5. The van der Waals surface area contributed by atoms with E-state index in [0.29, 0.717) is 11.7 Å². The molecule has 0 unspecified atom stereocenters. The predicted octanol–water partition coefficient (Wildman–Crippen LogP) is 1.47. The summed E-state index contributed by atoms with van der Waals surface area (Å²) in [5.41, 5.74) is 1.02. The highest BCUT2D eigenvalue weighted by molar-refractivity contribution is 7.15. The Bertz CT molecular complexity index is 555. The molecule has 7 heteroatoms. The first-order valence-corrected chi connectivity index (χ1v) is 7.60. The van der Waals surface area contributed by atoms with Gasteiger partial charge in [0.2, 0.25) is 0 Å². The molecule has 0 aromatic carbocycles. The molecule has 1 aliphatic rings. The average Bonchev–Trinajstić information content (AvgIpc) is 2.92. The molecular weight excluding hydrogens is 284 g/mol. The number of morpholine rings is 1. The lowest BCUT2D eigenvalue weighted by Crippen LogP contribution is -2.44. The third-order valence-electron chi connectivity index (χ3n) is 3.32. The number of nitrogens with one attached hydrogen (secondary N) is 1. The van der Waals surface area contributed by atoms with Crippen LogP contribution < -0.4 is 5.32 Å². The molecule has 2 aromatic heterocycles. The summed E-state index contributed by atoms with van der Waals surface area (Å²) in [6, 6.07) is 0. The van der Waals surface area contributed by atoms with Crippen molar-refractivity contribution in [2.24, 2.45) is 0 Å². The fraction of sp³-hybridized carbons (Fsp3) is 0.583. The maximum Gasteiger partial charge on any atom is 0.195 e. The van der Waals surface area contributed by atoms with Crippen molar-refractivity contribution in [1.29, 1.82) is 0 Å². The number of likely N-dealkylation sites (N-methyl/N-ethyl adjacent to an activating group) is 1. The normalized spacial score (nSPS) is 21.3. The van der Waals surface area contributed by atoms with Crippen LogP contribution in [0.15, 0.2) is 11.6 Å². The molecule has 0 amide bonds. The molecule has 19 heavy (non-hydrogen) atoms. The molecule has 0 aliphatic carbocycles. The van der Waals surface area contributed by atoms with Crippen LogP contribution in [0.5, 0.6) is 0 Å². The highest BCUT2D eigenvalue weighted by atomic mass is 35.5. The lowest BCUT2D eigenvalue weighted by Gasteiger charge is -2.30. The van der Waals surface area contributed by atoms with E-state index in [2.05, 4.69) is 22.2 Å². The van der Waals surface area contributed by atoms with Gasteiger partial charge in [-0.1, -0.05) is 11.6 Å². The number of hydrogen-bond donors (Lipinski definition) is 1. The lowest BCUT2D eigenvalue weighted by atomic mass is 10.3. The zero-order valence-corrected chi connectivity index (χ0v) is 12.4. The Hall–Kier alpha value is -0.660. The van der Waals surface area contributed by atoms with Gasteiger partial charge in [0, 0.05) is 37.8 Å². The van der Waals surface area contributed by atoms with Gasteiger partial charge in [-0.25, -0.2) is 4.98 Å². The van der Waals surface area contributed by atoms with Crippen LogP contribution in [0.2, 0.25) is 5.15 Å². The minimum atomic E-state index is 0.253. The molecule has 1 saturated heterocycles. The highest BCUT2D eigenvalue weighted by Crippen LogP contribution is 2.21. The van der Waals surface area contributed by atoms with Gasteiger partial charge >= 0.3 is 0 Å². The standard InChI is InChI=1S/C12H17ClN4OS/c1-16-2-4-18-9(8-16)6-14-7-10-11(13)15-12-17(10)3-5-19-12/h3,5,9,14H,2,4,6-8H2,1H3/t9-/m1/s1. The van der Waals surface area contributed by atoms with Crippen molar-refractivity contribution in [3.05, 3.63) is 22.4 Å². The van der Waals surface area contributed by atoms with Crippen molar-refractivity contribution in [3.63, 3.8) is 0 Å². The van der Waals surface area contributed by atoms with Gasteiger partial charge in [0.15, 0.2) is 10.1 Å². The van der Waals surface area contributed by atoms with E-state index in [4.69, 9.17) is 16.3 Å². The first kappa shape index (κ1) is 13.3. The second-order valence-corrected chi connectivity index (χ2v) is 6.02. The predicted molar refractivity (Wildman–Crippen MR) is 77.0 cm³/mol. The Kier molecular flexibility index (Phi) is 4.04. The van der Waals surface area contributed by atoms with Crippen molar-refractivity contribution >= 4 is 27.9 Å². The van der Waals surface area contributed by atoms with E-state index in [1.807, 2.05) is 16.0 Å². The Morgan fingerprint density at radius 2 is 2.53 bits per heavy atom. The van der Waals surface area contributed by atoms with Gasteiger partial charge in [0.1, 0.15) is 0 Å². The van der Waals surface area contributed by atoms with Crippen molar-refractivity contribution < 1.29 is 4.74 Å². The van der Waals surface area contributed by atoms with Crippen molar-refractivity contribution in [1.82, 2.24) is 19.6 Å². The molecule has 3 rings (SSSR count). The van der Waals surface area contributed by atoms with Crippen LogP contribution in [0.3, 0.4) is 0 Å². The fourth-order valence-electron chi connectivity index (χ4n) is 2.31. The van der Waals surface area contributed by atoms with Gasteiger partial charge in [0.05, 0.1) is 18.4 Å². The molecule has 1 N–H and O–H groups in total. The molecule has 104 valence electrons. The van der Waals surface area contributed by atoms with Crippen molar-refractivity contribution in [2.45, 2.75) is 12.6 Å². The summed E-state index contributed by atoms with van der Waals surface area (Å²) >= 11 is 7.74. The van der Waals surface area contributed by atoms with Crippen molar-refractivity contribution in [3.8, 4) is 0 Å². The number of imidazole rings is 1. The first-order valence-electron chi connectivity index (χ1n) is 6.35. The summed E-state index contributed by atoms with van der Waals surface area (Å²) < 4.78 is 7.75. The molecule has 0 saturated carbocycles. The summed E-state index contributed by atoms with van der Waals surface area (Å²) in [7, 11) is 2.12. The topological polar surface area (TPSA) is 41.8 Å². The van der Waals surface area contributed by atoms with Crippen LogP contribution in [0.4, 0.5) is 0 Å². The van der Waals surface area contributed by atoms with E-state index in [9.17, 15) is 0 Å². The van der Waals surface area contributed by atoms with Gasteiger partial charge < -0.3 is 15.0 Å². The van der Waals surface area contributed by atoms with Gasteiger partial charge in [0.25, 0.3) is 0 Å². The number of fused-ring (bicyclic) bond motifs is 1. The van der Waals surface area contributed by atoms with E-state index in [0.717, 1.165) is 36.9 Å². The smallest absolute Gasteiger partial charge is 0.195 e. The van der Waals surface area contributed by atoms with Gasteiger partial charge in [-0.2, -0.15) is 0 Å². The number of halogens is 1. The van der Waals surface area contributed by atoms with E-state index in [1.54, 1.807) is 11.3 Å². The lowest BCUT2D eigenvalue weighted by molar-refractivity contribution is -0.0182. The minimum absolute atomic E-state index is 0.253. The molecule has 0 spiro atoms. The maximum atomic E-state index is 6.15. The molecule has 1 aliphatic heterocycles. The third kappa shape index (κ3) is 2.93. The van der Waals surface area contributed by atoms with Gasteiger partial charge in [-0.3, -0.25) is 4.40 Å². The largest absolute Gasteiger partial charge is 0.374 e. The van der Waals surface area contributed by atoms with E-state index < -0.39 is 0 Å². The molecule has 1 atom stereocenters. The van der Waals surface area contributed by atoms with Gasteiger partial charge in [-0.15, -0.1) is 11.3 Å². The Morgan fingerprint density at radius 3 is 3.37 bits per heavy atom. The number of aromatic nitrogens is 2. The molecule has 5 nitrogen and oxygen atoms in total. The second kappa shape index (κ2) is 5.76. The fourth-order valence-corrected chi connectivity index (χ4v) is 3.33. The first-order chi connectivity index (χ1) is 9.24. The molecule has 3 heterocycles. The molecule has 0 radical (unpaired) electrons. The molecule has 1 fully saturated rings. The Labute approximate surface area is 121 Å². The molecular formula is C12H17ClN4OS. The number of rotatable bonds is 4. The summed E-state index contributed by atoms with van der Waals surface area (Å²) in [5, 5.41) is 6.01. The number of ether oxygens (including phenoxy) is 1. The number of thiazole rings is 1. The zero-order chi connectivity index (χ0) is 13.2. The van der Waals surface area contributed by atoms with Crippen LogP contribution >= 0.6 is 22.9 Å². The average molecular weight is 301 g/mol. The zero-order valence-electron chi connectivity index (χ0n) is 10.8. The minimum Gasteiger partial charge on any atom is -0.374 e. The monoisotopic (exact) mass is 300 g/mol. The quantitative estimate of drug-likeness (QED) is 0.928. The number of nitrogens with zero attached hydrogens (tertiary/aromatic N) is 3. The van der Waals surface area contributed by atoms with Crippen LogP contribution in [0, 0.1) is 0 Å². The third-order valence-corrected chi connectivity index (χ3v) is 4.38. The van der Waals surface area contributed by atoms with Gasteiger partial charge in [-0.05, 0) is 7.05 Å². The van der Waals surface area contributed by atoms with Crippen LogP contribution in [0.1, 0.15) is 5.69 Å². The van der Waals surface area contributed by atoms with E-state index in [1.165, 1.54) is 0 Å². The van der Waals surface area contributed by atoms with Crippen LogP contribution in [-0.2, 0) is 11.3 Å². The van der Waals surface area contributed by atoms with E-state index >= 15 is 0 Å². The molecule has 0 bridgehead atoms. The van der Waals surface area contributed by atoms with Crippen molar-refractivity contribution in [2.75, 3.05) is 33.3 Å². The second-order valence-electron chi connectivity index (χ2n) is 4.79. The summed E-state index contributed by atoms with van der Waals surface area (Å²) in [6.45, 7) is 4.34. The summed E-state index contributed by atoms with van der Waals surface area (Å²) in [6.07, 6.45) is 2.25. The van der Waals surface area contributed by atoms with Crippen LogP contribution in [-0.4, -0.2) is 53.7 Å². The SMILES string of the molecule is CN1CCO[C@H](CNCc2c(Cl)nc3sccn23)C1. The highest BCUT2D eigenvalue weighted by Gasteiger charge is 2.18. The maximum absolute atomic E-state index is 6.15. The Balaban J connectivity index is 1.57. The van der Waals surface area contributed by atoms with E-state index in [-0.39, 0.29) is 6.10 Å². The Morgan fingerprint density at radius 1 is 1.63 bits per heavy atom. The van der Waals surface area contributed by atoms with Crippen LogP contribution in [0.25, 0.3) is 4.96 Å².